The Balaban J connectivity index is 2.52. The standard InChI is InChI=1S/C13H28O2Si/c1-12(2,3)16(5,6)15-10-11-8-7-9-13(11,4)14/h11,14H,7-10H2,1-6H3. The lowest BCUT2D eigenvalue weighted by atomic mass is 9.94. The molecular formula is C13H28O2Si. The second kappa shape index (κ2) is 4.43. The van der Waals surface area contributed by atoms with Gasteiger partial charge in [0.2, 0.25) is 0 Å². The molecule has 0 bridgehead atoms. The number of hydrogen-bond donors (Lipinski definition) is 1. The zero-order valence-electron chi connectivity index (χ0n) is 11.8. The molecule has 2 nitrogen and oxygen atoms in total. The highest BCUT2D eigenvalue weighted by atomic mass is 28.4. The zero-order valence-corrected chi connectivity index (χ0v) is 12.8. The van der Waals surface area contributed by atoms with Gasteiger partial charge in [-0.25, -0.2) is 0 Å². The Morgan fingerprint density at radius 3 is 2.31 bits per heavy atom. The molecule has 1 fully saturated rings. The maximum atomic E-state index is 10.2. The van der Waals surface area contributed by atoms with Crippen molar-refractivity contribution in [3.63, 3.8) is 0 Å². The normalized spacial score (nSPS) is 32.1. The van der Waals surface area contributed by atoms with E-state index in [1.54, 1.807) is 0 Å². The molecule has 2 atom stereocenters. The van der Waals surface area contributed by atoms with Crippen molar-refractivity contribution in [3.05, 3.63) is 0 Å². The first-order valence-electron chi connectivity index (χ1n) is 6.43. The molecule has 1 aliphatic carbocycles. The lowest BCUT2D eigenvalue weighted by molar-refractivity contribution is 0.000451. The maximum absolute atomic E-state index is 10.2. The van der Waals surface area contributed by atoms with E-state index in [0.29, 0.717) is 5.92 Å². The summed E-state index contributed by atoms with van der Waals surface area (Å²) in [5.74, 6) is 0.335. The van der Waals surface area contributed by atoms with Gasteiger partial charge in [-0.2, -0.15) is 0 Å². The van der Waals surface area contributed by atoms with Crippen molar-refractivity contribution in [1.82, 2.24) is 0 Å². The van der Waals surface area contributed by atoms with Gasteiger partial charge in [-0.05, 0) is 37.9 Å². The van der Waals surface area contributed by atoms with Crippen molar-refractivity contribution in [3.8, 4) is 0 Å². The number of aliphatic hydroxyl groups is 1. The van der Waals surface area contributed by atoms with E-state index in [0.717, 1.165) is 25.9 Å². The van der Waals surface area contributed by atoms with E-state index in [1.165, 1.54) is 0 Å². The van der Waals surface area contributed by atoms with Gasteiger partial charge in [0.05, 0.1) is 5.60 Å². The molecule has 1 saturated carbocycles. The molecule has 96 valence electrons. The Kier molecular flexibility index (Phi) is 3.93. The highest BCUT2D eigenvalue weighted by Gasteiger charge is 2.41. The van der Waals surface area contributed by atoms with Crippen LogP contribution in [0.5, 0.6) is 0 Å². The quantitative estimate of drug-likeness (QED) is 0.769. The van der Waals surface area contributed by atoms with E-state index in [-0.39, 0.29) is 5.04 Å². The van der Waals surface area contributed by atoms with Crippen LogP contribution in [0.25, 0.3) is 0 Å². The Hall–Kier alpha value is 0.137. The minimum atomic E-state index is -1.65. The van der Waals surface area contributed by atoms with Gasteiger partial charge in [-0.3, -0.25) is 0 Å². The van der Waals surface area contributed by atoms with E-state index >= 15 is 0 Å². The van der Waals surface area contributed by atoms with Crippen LogP contribution in [0.4, 0.5) is 0 Å². The van der Waals surface area contributed by atoms with Gasteiger partial charge in [-0.15, -0.1) is 0 Å². The second-order valence-corrected chi connectivity index (χ2v) is 11.8. The highest BCUT2D eigenvalue weighted by Crippen LogP contribution is 2.40. The van der Waals surface area contributed by atoms with Crippen molar-refractivity contribution in [2.75, 3.05) is 6.61 Å². The predicted octanol–water partition coefficient (Wildman–Crippen LogP) is 3.56. The molecule has 3 heteroatoms. The Morgan fingerprint density at radius 2 is 1.94 bits per heavy atom. The molecule has 0 saturated heterocycles. The van der Waals surface area contributed by atoms with Gasteiger partial charge in [0.15, 0.2) is 8.32 Å². The van der Waals surface area contributed by atoms with E-state index in [4.69, 9.17) is 4.43 Å². The molecule has 0 spiro atoms. The van der Waals surface area contributed by atoms with Crippen LogP contribution in [-0.2, 0) is 4.43 Å². The first kappa shape index (κ1) is 14.2. The van der Waals surface area contributed by atoms with Crippen molar-refractivity contribution in [2.45, 2.75) is 70.7 Å². The Morgan fingerprint density at radius 1 is 1.38 bits per heavy atom. The monoisotopic (exact) mass is 244 g/mol. The molecule has 0 aromatic carbocycles. The molecule has 0 aromatic heterocycles. The van der Waals surface area contributed by atoms with Gasteiger partial charge in [-0.1, -0.05) is 27.2 Å². The Labute approximate surface area is 102 Å². The lowest BCUT2D eigenvalue weighted by Gasteiger charge is -2.38. The second-order valence-electron chi connectivity index (χ2n) is 7.02. The van der Waals surface area contributed by atoms with E-state index in [1.807, 2.05) is 6.92 Å². The summed E-state index contributed by atoms with van der Waals surface area (Å²) in [6.07, 6.45) is 3.18. The van der Waals surface area contributed by atoms with Crippen molar-refractivity contribution < 1.29 is 9.53 Å². The van der Waals surface area contributed by atoms with Crippen molar-refractivity contribution in [1.29, 1.82) is 0 Å². The molecule has 1 N–H and O–H groups in total. The number of hydrogen-bond acceptors (Lipinski definition) is 2. The molecule has 1 aliphatic rings. The molecule has 0 amide bonds. The molecule has 16 heavy (non-hydrogen) atoms. The van der Waals surface area contributed by atoms with Crippen molar-refractivity contribution in [2.24, 2.45) is 5.92 Å². The average Bonchev–Trinajstić information content (AvgIpc) is 2.39. The summed E-state index contributed by atoms with van der Waals surface area (Å²) < 4.78 is 6.19. The highest BCUT2D eigenvalue weighted by molar-refractivity contribution is 6.74. The van der Waals surface area contributed by atoms with Gasteiger partial charge in [0.1, 0.15) is 0 Å². The van der Waals surface area contributed by atoms with Crippen LogP contribution >= 0.6 is 0 Å². The van der Waals surface area contributed by atoms with Crippen LogP contribution in [0.2, 0.25) is 18.1 Å². The molecule has 0 aliphatic heterocycles. The van der Waals surface area contributed by atoms with Crippen LogP contribution < -0.4 is 0 Å². The largest absolute Gasteiger partial charge is 0.416 e. The van der Waals surface area contributed by atoms with Crippen molar-refractivity contribution >= 4 is 8.32 Å². The summed E-state index contributed by atoms with van der Waals surface area (Å²) in [6.45, 7) is 14.0. The molecule has 0 radical (unpaired) electrons. The summed E-state index contributed by atoms with van der Waals surface area (Å²) in [4.78, 5) is 0. The topological polar surface area (TPSA) is 29.5 Å². The summed E-state index contributed by atoms with van der Waals surface area (Å²) in [5.41, 5.74) is -0.498. The summed E-state index contributed by atoms with van der Waals surface area (Å²) in [7, 11) is -1.65. The fourth-order valence-corrected chi connectivity index (χ4v) is 3.06. The zero-order chi connectivity index (χ0) is 12.6. The molecule has 0 aromatic rings. The van der Waals surface area contributed by atoms with Crippen LogP contribution in [0.15, 0.2) is 0 Å². The van der Waals surface area contributed by atoms with Gasteiger partial charge < -0.3 is 9.53 Å². The molecule has 2 unspecified atom stereocenters. The minimum absolute atomic E-state index is 0.261. The van der Waals surface area contributed by atoms with Crippen LogP contribution in [0.3, 0.4) is 0 Å². The fourth-order valence-electron chi connectivity index (χ4n) is 2.01. The maximum Gasteiger partial charge on any atom is 0.191 e. The summed E-state index contributed by atoms with van der Waals surface area (Å²) in [5, 5.41) is 10.5. The van der Waals surface area contributed by atoms with Crippen LogP contribution in [0.1, 0.15) is 47.0 Å². The predicted molar refractivity (Wildman–Crippen MR) is 71.1 cm³/mol. The fraction of sp³-hybridized carbons (Fsp3) is 1.00. The lowest BCUT2D eigenvalue weighted by Crippen LogP contribution is -2.44. The molecule has 1 rings (SSSR count). The van der Waals surface area contributed by atoms with E-state index in [2.05, 4.69) is 33.9 Å². The summed E-state index contributed by atoms with van der Waals surface area (Å²) >= 11 is 0. The van der Waals surface area contributed by atoms with E-state index in [9.17, 15) is 5.11 Å². The Bertz CT molecular complexity index is 241. The minimum Gasteiger partial charge on any atom is -0.416 e. The van der Waals surface area contributed by atoms with Gasteiger partial charge >= 0.3 is 0 Å². The van der Waals surface area contributed by atoms with Crippen LogP contribution in [0, 0.1) is 5.92 Å². The molecule has 0 heterocycles. The summed E-state index contributed by atoms with van der Waals surface area (Å²) in [6, 6.07) is 0. The van der Waals surface area contributed by atoms with Gasteiger partial charge in [0, 0.05) is 12.5 Å². The number of rotatable bonds is 3. The third kappa shape index (κ3) is 3.08. The molecular weight excluding hydrogens is 216 g/mol. The van der Waals surface area contributed by atoms with Crippen LogP contribution in [-0.4, -0.2) is 25.6 Å². The average molecular weight is 244 g/mol. The first-order valence-corrected chi connectivity index (χ1v) is 9.33. The third-order valence-electron chi connectivity index (χ3n) is 4.57. The van der Waals surface area contributed by atoms with Gasteiger partial charge in [0.25, 0.3) is 0 Å². The third-order valence-corrected chi connectivity index (χ3v) is 9.07. The van der Waals surface area contributed by atoms with E-state index < -0.39 is 13.9 Å². The first-order chi connectivity index (χ1) is 7.06. The SMILES string of the molecule is CC1(O)CCCC1CO[Si](C)(C)C(C)(C)C. The smallest absolute Gasteiger partial charge is 0.191 e.